The number of rotatable bonds is 3. The van der Waals surface area contributed by atoms with E-state index in [1.165, 1.54) is 50.9 Å². The molecule has 0 spiro atoms. The van der Waals surface area contributed by atoms with Gasteiger partial charge in [0.15, 0.2) is 0 Å². The predicted octanol–water partition coefficient (Wildman–Crippen LogP) is 3.21. The maximum absolute atomic E-state index is 3.71. The minimum absolute atomic E-state index is 0.507. The molecule has 1 aromatic carbocycles. The summed E-state index contributed by atoms with van der Waals surface area (Å²) in [5.41, 5.74) is 2.04. The van der Waals surface area contributed by atoms with Crippen LogP contribution < -0.4 is 5.32 Å². The Kier molecular flexibility index (Phi) is 3.90. The van der Waals surface area contributed by atoms with Gasteiger partial charge in [-0.1, -0.05) is 43.7 Å². The second-order valence-electron chi connectivity index (χ2n) is 6.67. The summed E-state index contributed by atoms with van der Waals surface area (Å²) in [6, 6.07) is 11.4. The van der Waals surface area contributed by atoms with Crippen LogP contribution in [-0.2, 0) is 0 Å². The lowest BCUT2D eigenvalue weighted by Gasteiger charge is -2.42. The van der Waals surface area contributed by atoms with Gasteiger partial charge in [-0.2, -0.15) is 0 Å². The van der Waals surface area contributed by atoms with Crippen LogP contribution in [0.3, 0.4) is 0 Å². The molecule has 1 unspecified atom stereocenters. The van der Waals surface area contributed by atoms with Gasteiger partial charge in [-0.3, -0.25) is 0 Å². The Labute approximate surface area is 117 Å². The van der Waals surface area contributed by atoms with Gasteiger partial charge in [0.2, 0.25) is 0 Å². The Bertz CT molecular complexity index is 397. The highest BCUT2D eigenvalue weighted by atomic mass is 15.2. The number of benzene rings is 1. The molecule has 19 heavy (non-hydrogen) atoms. The van der Waals surface area contributed by atoms with E-state index in [1.807, 2.05) is 0 Å². The van der Waals surface area contributed by atoms with E-state index in [1.54, 1.807) is 0 Å². The first kappa shape index (κ1) is 13.1. The van der Waals surface area contributed by atoms with Gasteiger partial charge in [-0.15, -0.1) is 0 Å². The Morgan fingerprint density at radius 3 is 2.68 bits per heavy atom. The van der Waals surface area contributed by atoms with Crippen molar-refractivity contribution in [3.63, 3.8) is 0 Å². The zero-order valence-electron chi connectivity index (χ0n) is 12.1. The molecule has 1 atom stereocenters. The summed E-state index contributed by atoms with van der Waals surface area (Å²) in [5.74, 6) is 0. The Morgan fingerprint density at radius 1 is 1.21 bits per heavy atom. The van der Waals surface area contributed by atoms with Gasteiger partial charge in [-0.25, -0.2) is 0 Å². The molecule has 1 aliphatic heterocycles. The number of hydrogen-bond donors (Lipinski definition) is 1. The number of hydrogen-bond acceptors (Lipinski definition) is 2. The van der Waals surface area contributed by atoms with Crippen LogP contribution in [0, 0.1) is 5.41 Å². The molecule has 2 heteroatoms. The first-order chi connectivity index (χ1) is 9.25. The normalized spacial score (nSPS) is 27.5. The van der Waals surface area contributed by atoms with E-state index in [0.717, 1.165) is 6.54 Å². The van der Waals surface area contributed by atoms with E-state index >= 15 is 0 Å². The summed E-state index contributed by atoms with van der Waals surface area (Å²) in [7, 11) is 0. The van der Waals surface area contributed by atoms with Crippen LogP contribution in [0.25, 0.3) is 0 Å². The van der Waals surface area contributed by atoms with Crippen LogP contribution in [0.1, 0.15) is 44.2 Å². The smallest absolute Gasteiger partial charge is 0.0449 e. The molecule has 1 saturated heterocycles. The molecule has 0 aromatic heterocycles. The van der Waals surface area contributed by atoms with Crippen molar-refractivity contribution in [1.82, 2.24) is 10.2 Å². The Hall–Kier alpha value is -0.860. The van der Waals surface area contributed by atoms with Crippen LogP contribution >= 0.6 is 0 Å². The Morgan fingerprint density at radius 2 is 2.00 bits per heavy atom. The second kappa shape index (κ2) is 5.64. The molecule has 1 N–H and O–H groups in total. The summed E-state index contributed by atoms with van der Waals surface area (Å²) in [6.07, 6.45) is 5.56. The molecule has 0 radical (unpaired) electrons. The lowest BCUT2D eigenvalue weighted by Crippen LogP contribution is -2.42. The first-order valence-electron chi connectivity index (χ1n) is 7.76. The molecule has 1 heterocycles. The summed E-state index contributed by atoms with van der Waals surface area (Å²) < 4.78 is 0. The lowest BCUT2D eigenvalue weighted by molar-refractivity contribution is 0.0842. The van der Waals surface area contributed by atoms with E-state index in [4.69, 9.17) is 0 Å². The molecule has 2 aliphatic rings. The summed E-state index contributed by atoms with van der Waals surface area (Å²) in [6.45, 7) is 7.32. The van der Waals surface area contributed by atoms with Crippen LogP contribution in [0.2, 0.25) is 0 Å². The van der Waals surface area contributed by atoms with E-state index in [-0.39, 0.29) is 0 Å². The fourth-order valence-corrected chi connectivity index (χ4v) is 3.52. The standard InChI is InChI=1S/C17H26N2/c1-17(9-5-10-17)14-19-12-6-11-18-16(13-19)15-7-3-2-4-8-15/h2-4,7-8,16,18H,5-6,9-14H2,1H3. The Balaban J connectivity index is 1.66. The third-order valence-corrected chi connectivity index (χ3v) is 4.85. The number of nitrogens with one attached hydrogen (secondary N) is 1. The lowest BCUT2D eigenvalue weighted by atomic mass is 9.70. The minimum atomic E-state index is 0.507. The maximum atomic E-state index is 3.71. The average molecular weight is 258 g/mol. The summed E-state index contributed by atoms with van der Waals surface area (Å²) >= 11 is 0. The quantitative estimate of drug-likeness (QED) is 0.895. The van der Waals surface area contributed by atoms with Crippen molar-refractivity contribution in [3.8, 4) is 0 Å². The summed E-state index contributed by atoms with van der Waals surface area (Å²) in [4.78, 5) is 2.69. The van der Waals surface area contributed by atoms with E-state index in [9.17, 15) is 0 Å². The molecule has 0 bridgehead atoms. The summed E-state index contributed by atoms with van der Waals surface area (Å²) in [5, 5.41) is 3.71. The van der Waals surface area contributed by atoms with Crippen LogP contribution in [0.4, 0.5) is 0 Å². The third-order valence-electron chi connectivity index (χ3n) is 4.85. The fourth-order valence-electron chi connectivity index (χ4n) is 3.52. The fraction of sp³-hybridized carbons (Fsp3) is 0.647. The molecular weight excluding hydrogens is 232 g/mol. The molecule has 1 saturated carbocycles. The topological polar surface area (TPSA) is 15.3 Å². The van der Waals surface area contributed by atoms with Crippen molar-refractivity contribution < 1.29 is 0 Å². The molecule has 104 valence electrons. The van der Waals surface area contributed by atoms with Crippen molar-refractivity contribution in [3.05, 3.63) is 35.9 Å². The van der Waals surface area contributed by atoms with Gasteiger partial charge in [0.1, 0.15) is 0 Å². The van der Waals surface area contributed by atoms with E-state index in [2.05, 4.69) is 47.5 Å². The highest BCUT2D eigenvalue weighted by molar-refractivity contribution is 5.19. The zero-order valence-corrected chi connectivity index (χ0v) is 12.1. The van der Waals surface area contributed by atoms with Gasteiger partial charge < -0.3 is 10.2 Å². The van der Waals surface area contributed by atoms with Crippen molar-refractivity contribution in [2.24, 2.45) is 5.41 Å². The van der Waals surface area contributed by atoms with Crippen LogP contribution in [-0.4, -0.2) is 31.1 Å². The second-order valence-corrected chi connectivity index (χ2v) is 6.67. The van der Waals surface area contributed by atoms with Crippen LogP contribution in [0.5, 0.6) is 0 Å². The van der Waals surface area contributed by atoms with E-state index < -0.39 is 0 Å². The molecule has 1 aliphatic carbocycles. The minimum Gasteiger partial charge on any atom is -0.309 e. The molecule has 2 nitrogen and oxygen atoms in total. The average Bonchev–Trinajstić information content (AvgIpc) is 2.63. The monoisotopic (exact) mass is 258 g/mol. The molecule has 0 amide bonds. The molecule has 2 fully saturated rings. The first-order valence-corrected chi connectivity index (χ1v) is 7.76. The van der Waals surface area contributed by atoms with Gasteiger partial charge in [0.05, 0.1) is 0 Å². The zero-order chi connectivity index (χ0) is 13.1. The van der Waals surface area contributed by atoms with Crippen molar-refractivity contribution in [1.29, 1.82) is 0 Å². The van der Waals surface area contributed by atoms with Crippen molar-refractivity contribution in [2.75, 3.05) is 26.2 Å². The van der Waals surface area contributed by atoms with E-state index in [0.29, 0.717) is 11.5 Å². The highest BCUT2D eigenvalue weighted by Crippen LogP contribution is 2.41. The SMILES string of the molecule is CC1(CN2CCCNC(c3ccccc3)C2)CCC1. The van der Waals surface area contributed by atoms with Crippen molar-refractivity contribution >= 4 is 0 Å². The highest BCUT2D eigenvalue weighted by Gasteiger charge is 2.34. The van der Waals surface area contributed by atoms with Gasteiger partial charge >= 0.3 is 0 Å². The molecular formula is C17H26N2. The third kappa shape index (κ3) is 3.18. The molecule has 1 aromatic rings. The predicted molar refractivity (Wildman–Crippen MR) is 80.2 cm³/mol. The number of nitrogens with zero attached hydrogens (tertiary/aromatic N) is 1. The maximum Gasteiger partial charge on any atom is 0.0449 e. The van der Waals surface area contributed by atoms with Gasteiger partial charge in [-0.05, 0) is 43.3 Å². The largest absolute Gasteiger partial charge is 0.309 e. The molecule has 3 rings (SSSR count). The van der Waals surface area contributed by atoms with Gasteiger partial charge in [0.25, 0.3) is 0 Å². The van der Waals surface area contributed by atoms with Gasteiger partial charge in [0, 0.05) is 19.1 Å². The van der Waals surface area contributed by atoms with Crippen molar-refractivity contribution in [2.45, 2.75) is 38.6 Å². The van der Waals surface area contributed by atoms with Crippen LogP contribution in [0.15, 0.2) is 30.3 Å².